The van der Waals surface area contributed by atoms with Crippen LogP contribution in [0.2, 0.25) is 0 Å². The molecule has 1 fully saturated rings. The van der Waals surface area contributed by atoms with Gasteiger partial charge in [-0.25, -0.2) is 0 Å². The fourth-order valence-electron chi connectivity index (χ4n) is 1.55. The SMILES string of the molecule is C1COCCN1.CC(=O)Nc1ccc(O)c([As](=O)(O)O)c1. The zero-order valence-corrected chi connectivity index (χ0v) is 13.5. The normalized spacial score (nSPS) is 14.8. The molecule has 0 unspecified atom stereocenters. The minimum absolute atomic E-state index is 0.236. The zero-order chi connectivity index (χ0) is 15.9. The number of benzene rings is 1. The van der Waals surface area contributed by atoms with Crippen LogP contribution in [0.15, 0.2) is 18.2 Å². The van der Waals surface area contributed by atoms with Crippen molar-refractivity contribution in [2.24, 2.45) is 0 Å². The molecule has 0 spiro atoms. The van der Waals surface area contributed by atoms with Gasteiger partial charge in [0.1, 0.15) is 0 Å². The van der Waals surface area contributed by atoms with Gasteiger partial charge < -0.3 is 10.1 Å². The first-order valence-corrected chi connectivity index (χ1v) is 9.64. The Morgan fingerprint density at radius 2 is 1.95 bits per heavy atom. The van der Waals surface area contributed by atoms with Crippen LogP contribution in [0, 0.1) is 0 Å². The number of morpholine rings is 1. The van der Waals surface area contributed by atoms with Crippen molar-refractivity contribution in [2.75, 3.05) is 31.6 Å². The van der Waals surface area contributed by atoms with Crippen molar-refractivity contribution in [3.63, 3.8) is 0 Å². The predicted octanol–water partition coefficient (Wildman–Crippen LogP) is -1.48. The van der Waals surface area contributed by atoms with Crippen LogP contribution in [0.4, 0.5) is 5.69 Å². The summed E-state index contributed by atoms with van der Waals surface area (Å²) in [6.45, 7) is 5.11. The van der Waals surface area contributed by atoms with E-state index in [9.17, 15) is 13.6 Å². The number of ether oxygens (including phenoxy) is 1. The van der Waals surface area contributed by atoms with E-state index in [0.29, 0.717) is 0 Å². The van der Waals surface area contributed by atoms with E-state index in [1.54, 1.807) is 0 Å². The molecule has 1 amide bonds. The average Bonchev–Trinajstić information content (AvgIpc) is 2.42. The molecule has 0 saturated carbocycles. The molecule has 8 nitrogen and oxygen atoms in total. The van der Waals surface area contributed by atoms with Crippen LogP contribution in [-0.4, -0.2) is 59.7 Å². The molecule has 1 aliphatic rings. The number of carbonyl (C=O) groups excluding carboxylic acids is 1. The van der Waals surface area contributed by atoms with Crippen molar-refractivity contribution >= 4 is 30.1 Å². The third-order valence-corrected chi connectivity index (χ3v) is 4.52. The van der Waals surface area contributed by atoms with Gasteiger partial charge in [-0.2, -0.15) is 0 Å². The van der Waals surface area contributed by atoms with Crippen LogP contribution < -0.4 is 15.0 Å². The molecular formula is C12H19AsN2O6. The van der Waals surface area contributed by atoms with Crippen molar-refractivity contribution in [3.8, 4) is 5.75 Å². The zero-order valence-electron chi connectivity index (χ0n) is 11.6. The van der Waals surface area contributed by atoms with Gasteiger partial charge in [0, 0.05) is 13.1 Å². The number of hydrogen-bond acceptors (Lipinski definition) is 5. The molecule has 0 aliphatic carbocycles. The summed E-state index contributed by atoms with van der Waals surface area (Å²) < 4.78 is 33.4. The van der Waals surface area contributed by atoms with E-state index in [1.165, 1.54) is 13.0 Å². The quantitative estimate of drug-likeness (QED) is 0.321. The number of rotatable bonds is 2. The van der Waals surface area contributed by atoms with E-state index in [2.05, 4.69) is 10.6 Å². The molecule has 0 aromatic heterocycles. The van der Waals surface area contributed by atoms with Crippen molar-refractivity contribution in [1.82, 2.24) is 5.32 Å². The Hall–Kier alpha value is -1.31. The second kappa shape index (κ2) is 8.21. The Kier molecular flexibility index (Phi) is 6.93. The molecule has 21 heavy (non-hydrogen) atoms. The fraction of sp³-hybridized carbons (Fsp3) is 0.417. The summed E-state index contributed by atoms with van der Waals surface area (Å²) in [5.41, 5.74) is 0.236. The van der Waals surface area contributed by atoms with Crippen molar-refractivity contribution in [3.05, 3.63) is 18.2 Å². The molecule has 2 rings (SSSR count). The van der Waals surface area contributed by atoms with Crippen LogP contribution in [0.1, 0.15) is 6.92 Å². The standard InChI is InChI=1S/C8H10AsNO5.C4H9NO/c1-5(11)10-6-2-3-8(12)7(4-6)9(13,14)15;1-3-6-4-2-5-1/h2-4,12H,1H3,(H,10,11)(H2,13,14,15);5H,1-4H2. The van der Waals surface area contributed by atoms with Crippen LogP contribution in [0.5, 0.6) is 5.75 Å². The number of nitrogens with one attached hydrogen (secondary N) is 2. The predicted molar refractivity (Wildman–Crippen MR) is 76.6 cm³/mol. The van der Waals surface area contributed by atoms with E-state index >= 15 is 0 Å². The topological polar surface area (TPSA) is 128 Å². The second-order valence-electron chi connectivity index (χ2n) is 4.29. The summed E-state index contributed by atoms with van der Waals surface area (Å²) in [7, 11) is 0. The van der Waals surface area contributed by atoms with Gasteiger partial charge in [0.15, 0.2) is 0 Å². The van der Waals surface area contributed by atoms with Gasteiger partial charge in [0.25, 0.3) is 0 Å². The molecule has 0 bridgehead atoms. The molecule has 1 aromatic rings. The Morgan fingerprint density at radius 1 is 1.33 bits per heavy atom. The van der Waals surface area contributed by atoms with Crippen molar-refractivity contribution in [1.29, 1.82) is 0 Å². The summed E-state index contributed by atoms with van der Waals surface area (Å²) in [6.07, 6.45) is 0. The maximum atomic E-state index is 11.0. The van der Waals surface area contributed by atoms with Gasteiger partial charge in [0.2, 0.25) is 0 Å². The van der Waals surface area contributed by atoms with Gasteiger partial charge in [0.05, 0.1) is 13.2 Å². The average molecular weight is 362 g/mol. The maximum absolute atomic E-state index is 11.0. The summed E-state index contributed by atoms with van der Waals surface area (Å²) in [5.74, 6) is -0.832. The number of anilines is 1. The Bertz CT molecular complexity index is 515. The summed E-state index contributed by atoms with van der Waals surface area (Å²) in [4.78, 5) is 10.7. The molecule has 1 aliphatic heterocycles. The summed E-state index contributed by atoms with van der Waals surface area (Å²) in [6, 6.07) is 3.55. The number of phenols is 1. The molecular weight excluding hydrogens is 343 g/mol. The molecule has 1 aromatic carbocycles. The van der Waals surface area contributed by atoms with E-state index < -0.39 is 24.3 Å². The molecule has 0 atom stereocenters. The third-order valence-electron chi connectivity index (χ3n) is 2.46. The van der Waals surface area contributed by atoms with Crippen LogP contribution in [-0.2, 0) is 13.3 Å². The fourth-order valence-corrected chi connectivity index (χ4v) is 2.98. The van der Waals surface area contributed by atoms with Crippen LogP contribution in [0.25, 0.3) is 0 Å². The Morgan fingerprint density at radius 3 is 2.33 bits per heavy atom. The van der Waals surface area contributed by atoms with Crippen LogP contribution >= 0.6 is 0 Å². The van der Waals surface area contributed by atoms with E-state index in [4.69, 9.17) is 12.9 Å². The molecule has 1 saturated heterocycles. The first-order chi connectivity index (χ1) is 9.80. The van der Waals surface area contributed by atoms with Crippen molar-refractivity contribution < 1.29 is 26.6 Å². The van der Waals surface area contributed by atoms with E-state index in [0.717, 1.165) is 38.4 Å². The van der Waals surface area contributed by atoms with E-state index in [1.807, 2.05) is 0 Å². The van der Waals surface area contributed by atoms with E-state index in [-0.39, 0.29) is 11.6 Å². The molecule has 1 heterocycles. The number of carbonyl (C=O) groups is 1. The van der Waals surface area contributed by atoms with Gasteiger partial charge in [-0.15, -0.1) is 0 Å². The van der Waals surface area contributed by atoms with Crippen molar-refractivity contribution in [2.45, 2.75) is 6.92 Å². The monoisotopic (exact) mass is 362 g/mol. The Balaban J connectivity index is 0.000000304. The van der Waals surface area contributed by atoms with Gasteiger partial charge >= 0.3 is 88.1 Å². The first-order valence-electron chi connectivity index (χ1n) is 6.26. The summed E-state index contributed by atoms with van der Waals surface area (Å²) in [5, 5.41) is 14.7. The van der Waals surface area contributed by atoms with Gasteiger partial charge in [-0.3, -0.25) is 0 Å². The molecule has 118 valence electrons. The van der Waals surface area contributed by atoms with Gasteiger partial charge in [-0.05, 0) is 0 Å². The van der Waals surface area contributed by atoms with Gasteiger partial charge in [-0.1, -0.05) is 0 Å². The van der Waals surface area contributed by atoms with Crippen LogP contribution in [0.3, 0.4) is 0 Å². The molecule has 0 radical (unpaired) electrons. The minimum atomic E-state index is -5.15. The number of phenolic OH excluding ortho intramolecular Hbond substituents is 1. The number of aromatic hydroxyl groups is 1. The Labute approximate surface area is 125 Å². The molecule has 5 N–H and O–H groups in total. The number of amides is 1. The second-order valence-corrected chi connectivity index (χ2v) is 7.58. The third kappa shape index (κ3) is 6.79. The first kappa shape index (κ1) is 17.7. The summed E-state index contributed by atoms with van der Waals surface area (Å²) >= 11 is -5.15. The number of hydrogen-bond donors (Lipinski definition) is 5. The molecule has 9 heteroatoms.